The van der Waals surface area contributed by atoms with Gasteiger partial charge in [0.15, 0.2) is 0 Å². The molecule has 18 heavy (non-hydrogen) atoms. The summed E-state index contributed by atoms with van der Waals surface area (Å²) in [6.07, 6.45) is 1.67. The van der Waals surface area contributed by atoms with E-state index >= 15 is 0 Å². The van der Waals surface area contributed by atoms with Crippen LogP contribution >= 0.6 is 0 Å². The minimum absolute atomic E-state index is 0.00968. The molecule has 2 saturated heterocycles. The van der Waals surface area contributed by atoms with E-state index in [1.165, 1.54) is 0 Å². The molecular weight excluding hydrogens is 232 g/mol. The normalized spacial score (nSPS) is 42.8. The van der Waals surface area contributed by atoms with Gasteiger partial charge in [-0.2, -0.15) is 0 Å². The van der Waals surface area contributed by atoms with Crippen molar-refractivity contribution in [3.63, 3.8) is 0 Å². The quantitative estimate of drug-likeness (QED) is 0.675. The molecule has 102 valence electrons. The van der Waals surface area contributed by atoms with Crippen molar-refractivity contribution in [3.05, 3.63) is 0 Å². The zero-order chi connectivity index (χ0) is 13.1. The van der Waals surface area contributed by atoms with Gasteiger partial charge in [-0.25, -0.2) is 0 Å². The number of fused-ring (bicyclic) bond motifs is 1. The zero-order valence-electron chi connectivity index (χ0n) is 11.1. The van der Waals surface area contributed by atoms with E-state index in [1.54, 1.807) is 4.90 Å². The lowest BCUT2D eigenvalue weighted by atomic mass is 9.46. The number of hydrogen-bond donors (Lipinski definition) is 2. The van der Waals surface area contributed by atoms with E-state index in [0.717, 1.165) is 19.4 Å². The number of likely N-dealkylation sites (tertiary alicyclic amines) is 1. The number of rotatable bonds is 1. The van der Waals surface area contributed by atoms with E-state index in [0.29, 0.717) is 13.1 Å². The molecule has 0 spiro atoms. The van der Waals surface area contributed by atoms with Gasteiger partial charge in [0, 0.05) is 31.0 Å². The zero-order valence-corrected chi connectivity index (χ0v) is 11.1. The molecule has 0 aromatic heterocycles. The van der Waals surface area contributed by atoms with Crippen LogP contribution in [0.1, 0.15) is 26.7 Å². The van der Waals surface area contributed by atoms with Gasteiger partial charge in [0.2, 0.25) is 5.91 Å². The minimum atomic E-state index is -0.821. The Morgan fingerprint density at radius 2 is 2.11 bits per heavy atom. The molecule has 5 nitrogen and oxygen atoms in total. The lowest BCUT2D eigenvalue weighted by Crippen LogP contribution is -2.83. The largest absolute Gasteiger partial charge is 0.389 e. The monoisotopic (exact) mass is 254 g/mol. The summed E-state index contributed by atoms with van der Waals surface area (Å²) in [7, 11) is 0. The van der Waals surface area contributed by atoms with Crippen molar-refractivity contribution in [2.45, 2.75) is 44.4 Å². The number of hydrogen-bond acceptors (Lipinski definition) is 4. The molecule has 2 heterocycles. The number of carbonyl (C=O) groups excluding carboxylic acids is 1. The number of aliphatic hydroxyl groups excluding tert-OH is 1. The summed E-state index contributed by atoms with van der Waals surface area (Å²) < 4.78 is 5.79. The summed E-state index contributed by atoms with van der Waals surface area (Å²) in [6.45, 7) is 5.66. The average Bonchev–Trinajstić information content (AvgIpc) is 2.33. The number of β-amino-alcohol motifs (C(OH)–C–C–N with tert-alkyl or cyclic N) is 1. The van der Waals surface area contributed by atoms with Crippen LogP contribution in [0.4, 0.5) is 0 Å². The maximum Gasteiger partial charge on any atom is 0.243 e. The maximum atomic E-state index is 12.6. The van der Waals surface area contributed by atoms with Crippen LogP contribution < -0.4 is 5.73 Å². The third-order valence-electron chi connectivity index (χ3n) is 5.19. The second-order valence-corrected chi connectivity index (χ2v) is 6.49. The summed E-state index contributed by atoms with van der Waals surface area (Å²) >= 11 is 0. The van der Waals surface area contributed by atoms with Crippen molar-refractivity contribution in [2.75, 3.05) is 19.7 Å². The second-order valence-electron chi connectivity index (χ2n) is 6.49. The molecule has 3 atom stereocenters. The van der Waals surface area contributed by atoms with Gasteiger partial charge >= 0.3 is 0 Å². The molecule has 0 aromatic rings. The van der Waals surface area contributed by atoms with Crippen LogP contribution in [0.3, 0.4) is 0 Å². The van der Waals surface area contributed by atoms with Gasteiger partial charge in [-0.05, 0) is 12.8 Å². The maximum absolute atomic E-state index is 12.6. The van der Waals surface area contributed by atoms with E-state index in [4.69, 9.17) is 10.5 Å². The van der Waals surface area contributed by atoms with Crippen molar-refractivity contribution in [3.8, 4) is 0 Å². The van der Waals surface area contributed by atoms with Gasteiger partial charge in [0.05, 0.1) is 12.2 Å². The third-order valence-corrected chi connectivity index (χ3v) is 5.19. The van der Waals surface area contributed by atoms with Crippen molar-refractivity contribution in [1.29, 1.82) is 0 Å². The highest BCUT2D eigenvalue weighted by molar-refractivity contribution is 5.90. The number of nitrogens with zero attached hydrogens (tertiary/aromatic N) is 1. The molecule has 0 aromatic carbocycles. The Hall–Kier alpha value is -0.650. The van der Waals surface area contributed by atoms with Crippen molar-refractivity contribution < 1.29 is 14.6 Å². The Morgan fingerprint density at radius 1 is 1.44 bits per heavy atom. The fourth-order valence-corrected chi connectivity index (χ4v) is 3.89. The number of ether oxygens (including phenoxy) is 1. The molecule has 3 rings (SSSR count). The summed E-state index contributed by atoms with van der Waals surface area (Å²) in [5.74, 6) is 0.121. The van der Waals surface area contributed by atoms with Gasteiger partial charge in [0.25, 0.3) is 0 Å². The molecule has 5 heteroatoms. The van der Waals surface area contributed by atoms with E-state index in [9.17, 15) is 9.90 Å². The Labute approximate surface area is 107 Å². The summed E-state index contributed by atoms with van der Waals surface area (Å²) in [4.78, 5) is 14.3. The van der Waals surface area contributed by atoms with E-state index in [1.807, 2.05) is 13.8 Å². The number of aliphatic hydroxyl groups is 1. The molecule has 0 bridgehead atoms. The van der Waals surface area contributed by atoms with Crippen molar-refractivity contribution in [1.82, 2.24) is 4.90 Å². The highest BCUT2D eigenvalue weighted by Gasteiger charge is 2.71. The van der Waals surface area contributed by atoms with Gasteiger partial charge in [0.1, 0.15) is 5.54 Å². The van der Waals surface area contributed by atoms with Crippen LogP contribution in [-0.2, 0) is 9.53 Å². The van der Waals surface area contributed by atoms with Gasteiger partial charge in [-0.3, -0.25) is 4.79 Å². The van der Waals surface area contributed by atoms with E-state index in [2.05, 4.69) is 0 Å². The van der Waals surface area contributed by atoms with Crippen LogP contribution in [0.2, 0.25) is 0 Å². The molecule has 1 saturated carbocycles. The lowest BCUT2D eigenvalue weighted by molar-refractivity contribution is -0.233. The summed E-state index contributed by atoms with van der Waals surface area (Å²) in [5.41, 5.74) is 5.34. The average molecular weight is 254 g/mol. The Bertz CT molecular complexity index is 378. The SMILES string of the molecule is CC1(C)C2OCCCC2C1(N)C(=O)N1CC(O)C1. The predicted molar refractivity (Wildman–Crippen MR) is 65.8 cm³/mol. The fraction of sp³-hybridized carbons (Fsp3) is 0.923. The highest BCUT2D eigenvalue weighted by atomic mass is 16.5. The number of nitrogens with two attached hydrogens (primary N) is 1. The molecule has 0 radical (unpaired) electrons. The Balaban J connectivity index is 1.82. The molecule has 1 amide bonds. The van der Waals surface area contributed by atoms with Gasteiger partial charge in [-0.1, -0.05) is 13.8 Å². The molecular formula is C13H22N2O3. The Kier molecular flexibility index (Phi) is 2.53. The number of carbonyl (C=O) groups is 1. The first kappa shape index (κ1) is 12.4. The first-order chi connectivity index (χ1) is 8.39. The second kappa shape index (κ2) is 3.68. The molecule has 3 aliphatic rings. The smallest absolute Gasteiger partial charge is 0.243 e. The third kappa shape index (κ3) is 1.30. The fourth-order valence-electron chi connectivity index (χ4n) is 3.89. The molecule has 1 aliphatic carbocycles. The predicted octanol–water partition coefficient (Wildman–Crippen LogP) is -0.278. The lowest BCUT2D eigenvalue weighted by Gasteiger charge is -2.66. The highest BCUT2D eigenvalue weighted by Crippen LogP contribution is 2.58. The first-order valence-corrected chi connectivity index (χ1v) is 6.77. The summed E-state index contributed by atoms with van der Waals surface area (Å²) in [6, 6.07) is 0. The molecule has 3 unspecified atom stereocenters. The van der Waals surface area contributed by atoms with Crippen LogP contribution in [0, 0.1) is 11.3 Å². The van der Waals surface area contributed by atoms with E-state index < -0.39 is 5.54 Å². The minimum Gasteiger partial charge on any atom is -0.389 e. The van der Waals surface area contributed by atoms with Crippen LogP contribution in [0.15, 0.2) is 0 Å². The molecule has 2 aliphatic heterocycles. The standard InChI is InChI=1S/C13H22N2O3/c1-12(2)10-9(4-3-5-18-10)13(12,14)11(17)15-6-8(16)7-15/h8-10,16H,3-7,14H2,1-2H3. The van der Waals surface area contributed by atoms with Crippen molar-refractivity contribution >= 4 is 5.91 Å². The molecule has 3 fully saturated rings. The Morgan fingerprint density at radius 3 is 2.72 bits per heavy atom. The van der Waals surface area contributed by atoms with Gasteiger partial charge in [-0.15, -0.1) is 0 Å². The van der Waals surface area contributed by atoms with Crippen LogP contribution in [0.5, 0.6) is 0 Å². The summed E-state index contributed by atoms with van der Waals surface area (Å²) in [5, 5.41) is 9.33. The topological polar surface area (TPSA) is 75.8 Å². The van der Waals surface area contributed by atoms with Crippen LogP contribution in [0.25, 0.3) is 0 Å². The van der Waals surface area contributed by atoms with E-state index in [-0.39, 0.29) is 29.4 Å². The first-order valence-electron chi connectivity index (χ1n) is 6.77. The van der Waals surface area contributed by atoms with Crippen LogP contribution in [-0.4, -0.2) is 53.4 Å². The molecule has 3 N–H and O–H groups in total. The number of amides is 1. The van der Waals surface area contributed by atoms with Gasteiger partial charge < -0.3 is 20.5 Å². The van der Waals surface area contributed by atoms with Crippen molar-refractivity contribution in [2.24, 2.45) is 17.1 Å².